The smallest absolute Gasteiger partial charge is 0.222 e. The van der Waals surface area contributed by atoms with Gasteiger partial charge in [0, 0.05) is 49.6 Å². The maximum absolute atomic E-state index is 12.8. The summed E-state index contributed by atoms with van der Waals surface area (Å²) in [6.07, 6.45) is 10.1. The van der Waals surface area contributed by atoms with Crippen LogP contribution in [-0.4, -0.2) is 42.0 Å². The van der Waals surface area contributed by atoms with Gasteiger partial charge in [-0.3, -0.25) is 9.78 Å². The molecule has 1 amide bonds. The minimum absolute atomic E-state index is 0.387. The molecule has 4 nitrogen and oxygen atoms in total. The zero-order valence-corrected chi connectivity index (χ0v) is 15.3. The molecule has 3 fully saturated rings. The predicted molar refractivity (Wildman–Crippen MR) is 104 cm³/mol. The van der Waals surface area contributed by atoms with Gasteiger partial charge >= 0.3 is 0 Å². The maximum atomic E-state index is 12.8. The van der Waals surface area contributed by atoms with E-state index in [4.69, 9.17) is 0 Å². The van der Waals surface area contributed by atoms with E-state index in [-0.39, 0.29) is 0 Å². The van der Waals surface area contributed by atoms with E-state index >= 15 is 0 Å². The summed E-state index contributed by atoms with van der Waals surface area (Å²) in [6.45, 7) is 3.47. The lowest BCUT2D eigenvalue weighted by molar-refractivity contribution is -0.132. The van der Waals surface area contributed by atoms with E-state index in [2.05, 4.69) is 39.0 Å². The first-order chi connectivity index (χ1) is 12.8. The third-order valence-corrected chi connectivity index (χ3v) is 6.94. The minimum atomic E-state index is 0.387. The van der Waals surface area contributed by atoms with E-state index in [0.717, 1.165) is 44.4 Å². The molecular weight excluding hydrogens is 322 g/mol. The summed E-state index contributed by atoms with van der Waals surface area (Å²) < 4.78 is 0. The summed E-state index contributed by atoms with van der Waals surface area (Å²) in [5.41, 5.74) is 1.20. The fourth-order valence-corrected chi connectivity index (χ4v) is 5.53. The van der Waals surface area contributed by atoms with Gasteiger partial charge in [-0.05, 0) is 37.0 Å². The number of anilines is 1. The van der Waals surface area contributed by atoms with Crippen molar-refractivity contribution in [2.75, 3.05) is 31.1 Å². The molecule has 2 bridgehead atoms. The molecule has 2 heterocycles. The maximum Gasteiger partial charge on any atom is 0.222 e. The number of benzene rings is 1. The molecule has 2 aliphatic carbocycles. The molecule has 0 radical (unpaired) electrons. The van der Waals surface area contributed by atoms with Crippen molar-refractivity contribution in [3.05, 3.63) is 36.7 Å². The Bertz CT molecular complexity index is 807. The number of hydrogen-bond donors (Lipinski definition) is 0. The minimum Gasteiger partial charge on any atom is -0.366 e. The van der Waals surface area contributed by atoms with E-state index in [1.807, 2.05) is 12.4 Å². The largest absolute Gasteiger partial charge is 0.366 e. The molecule has 3 unspecified atom stereocenters. The van der Waals surface area contributed by atoms with Gasteiger partial charge in [0.25, 0.3) is 0 Å². The van der Waals surface area contributed by atoms with Crippen LogP contribution in [0.5, 0.6) is 0 Å². The van der Waals surface area contributed by atoms with Crippen molar-refractivity contribution in [3.63, 3.8) is 0 Å². The standard InChI is InChI=1S/C22H27N3O/c26-22(13-19-12-16-5-6-17(19)11-16)25-9-7-24(8-10-25)21-15-23-14-18-3-1-2-4-20(18)21/h1-4,14-17,19H,5-13H2. The van der Waals surface area contributed by atoms with E-state index < -0.39 is 0 Å². The Kier molecular flexibility index (Phi) is 4.07. The summed E-state index contributed by atoms with van der Waals surface area (Å²) in [6, 6.07) is 8.42. The first-order valence-corrected chi connectivity index (χ1v) is 10.1. The van der Waals surface area contributed by atoms with Crippen molar-refractivity contribution in [3.8, 4) is 0 Å². The lowest BCUT2D eigenvalue weighted by Gasteiger charge is -2.37. The van der Waals surface area contributed by atoms with Crippen LogP contribution in [0.1, 0.15) is 32.1 Å². The molecule has 1 aromatic heterocycles. The number of hydrogen-bond acceptors (Lipinski definition) is 3. The van der Waals surface area contributed by atoms with Crippen LogP contribution in [0.2, 0.25) is 0 Å². The Morgan fingerprint density at radius 2 is 1.88 bits per heavy atom. The molecule has 1 aliphatic heterocycles. The molecule has 0 N–H and O–H groups in total. The van der Waals surface area contributed by atoms with Gasteiger partial charge in [-0.15, -0.1) is 0 Å². The zero-order valence-electron chi connectivity index (χ0n) is 15.3. The highest BCUT2D eigenvalue weighted by molar-refractivity contribution is 5.93. The molecule has 3 aliphatic rings. The summed E-state index contributed by atoms with van der Waals surface area (Å²) in [7, 11) is 0. The number of amides is 1. The van der Waals surface area contributed by atoms with Crippen LogP contribution in [0.15, 0.2) is 36.7 Å². The molecule has 5 rings (SSSR count). The monoisotopic (exact) mass is 349 g/mol. The van der Waals surface area contributed by atoms with E-state index in [1.54, 1.807) is 0 Å². The quantitative estimate of drug-likeness (QED) is 0.847. The van der Waals surface area contributed by atoms with Crippen LogP contribution in [0.4, 0.5) is 5.69 Å². The Morgan fingerprint density at radius 1 is 1.04 bits per heavy atom. The van der Waals surface area contributed by atoms with Crippen LogP contribution in [0.3, 0.4) is 0 Å². The van der Waals surface area contributed by atoms with Crippen LogP contribution in [-0.2, 0) is 4.79 Å². The summed E-state index contributed by atoms with van der Waals surface area (Å²) in [5.74, 6) is 2.82. The lowest BCUT2D eigenvalue weighted by Crippen LogP contribution is -2.49. The molecule has 2 saturated carbocycles. The van der Waals surface area contributed by atoms with E-state index in [0.29, 0.717) is 11.8 Å². The van der Waals surface area contributed by atoms with E-state index in [9.17, 15) is 4.79 Å². The van der Waals surface area contributed by atoms with Gasteiger partial charge in [0.2, 0.25) is 5.91 Å². The Balaban J connectivity index is 1.22. The molecular formula is C22H27N3O. The third kappa shape index (κ3) is 2.85. The van der Waals surface area contributed by atoms with Crippen LogP contribution in [0, 0.1) is 17.8 Å². The number of piperazine rings is 1. The molecule has 4 heteroatoms. The molecule has 3 atom stereocenters. The number of nitrogens with zero attached hydrogens (tertiary/aromatic N) is 3. The number of carbonyl (C=O) groups excluding carboxylic acids is 1. The van der Waals surface area contributed by atoms with Crippen molar-refractivity contribution in [2.45, 2.75) is 32.1 Å². The lowest BCUT2D eigenvalue weighted by atomic mass is 9.86. The summed E-state index contributed by atoms with van der Waals surface area (Å²) in [5, 5.41) is 2.43. The van der Waals surface area contributed by atoms with Crippen molar-refractivity contribution in [2.24, 2.45) is 17.8 Å². The Labute approximate surface area is 155 Å². The predicted octanol–water partition coefficient (Wildman–Crippen LogP) is 3.71. The number of rotatable bonds is 3. The number of pyridine rings is 1. The molecule has 0 spiro atoms. The molecule has 1 saturated heterocycles. The average molecular weight is 349 g/mol. The van der Waals surface area contributed by atoms with Gasteiger partial charge in [0.15, 0.2) is 0 Å². The topological polar surface area (TPSA) is 36.4 Å². The SMILES string of the molecule is O=C(CC1CC2CCC1C2)N1CCN(c2cncc3ccccc23)CC1. The van der Waals surface area contributed by atoms with Crippen LogP contribution < -0.4 is 4.90 Å². The highest BCUT2D eigenvalue weighted by atomic mass is 16.2. The number of fused-ring (bicyclic) bond motifs is 3. The highest BCUT2D eigenvalue weighted by Crippen LogP contribution is 2.49. The third-order valence-electron chi connectivity index (χ3n) is 6.94. The zero-order chi connectivity index (χ0) is 17.5. The van der Waals surface area contributed by atoms with E-state index in [1.165, 1.54) is 42.1 Å². The first-order valence-electron chi connectivity index (χ1n) is 10.1. The molecule has 1 aromatic carbocycles. The van der Waals surface area contributed by atoms with Crippen LogP contribution >= 0.6 is 0 Å². The second kappa shape index (κ2) is 6.57. The van der Waals surface area contributed by atoms with Crippen molar-refractivity contribution < 1.29 is 4.79 Å². The second-order valence-electron chi connectivity index (χ2n) is 8.39. The number of aromatic nitrogens is 1. The van der Waals surface area contributed by atoms with Gasteiger partial charge < -0.3 is 9.80 Å². The summed E-state index contributed by atoms with van der Waals surface area (Å²) in [4.78, 5) is 21.7. The van der Waals surface area contributed by atoms with Crippen molar-refractivity contribution in [1.29, 1.82) is 0 Å². The molecule has 26 heavy (non-hydrogen) atoms. The Morgan fingerprint density at radius 3 is 2.65 bits per heavy atom. The average Bonchev–Trinajstić information content (AvgIpc) is 3.31. The van der Waals surface area contributed by atoms with Gasteiger partial charge in [0.05, 0.1) is 11.9 Å². The normalized spacial score (nSPS) is 28.1. The van der Waals surface area contributed by atoms with Gasteiger partial charge in [-0.1, -0.05) is 30.7 Å². The first kappa shape index (κ1) is 16.1. The van der Waals surface area contributed by atoms with Crippen LogP contribution in [0.25, 0.3) is 10.8 Å². The second-order valence-corrected chi connectivity index (χ2v) is 8.39. The molecule has 2 aromatic rings. The number of carbonyl (C=O) groups is 1. The summed E-state index contributed by atoms with van der Waals surface area (Å²) >= 11 is 0. The van der Waals surface area contributed by atoms with Crippen molar-refractivity contribution in [1.82, 2.24) is 9.88 Å². The fraction of sp³-hybridized carbons (Fsp3) is 0.545. The fourth-order valence-electron chi connectivity index (χ4n) is 5.53. The Hall–Kier alpha value is -2.10. The van der Waals surface area contributed by atoms with Gasteiger partial charge in [-0.2, -0.15) is 0 Å². The van der Waals surface area contributed by atoms with Gasteiger partial charge in [0.1, 0.15) is 0 Å². The van der Waals surface area contributed by atoms with Crippen molar-refractivity contribution >= 4 is 22.4 Å². The van der Waals surface area contributed by atoms with Gasteiger partial charge in [-0.25, -0.2) is 0 Å². The molecule has 136 valence electrons. The highest BCUT2D eigenvalue weighted by Gasteiger charge is 2.40.